The van der Waals surface area contributed by atoms with Crippen LogP contribution < -0.4 is 0 Å². The highest BCUT2D eigenvalue weighted by Crippen LogP contribution is 2.33. The summed E-state index contributed by atoms with van der Waals surface area (Å²) < 4.78 is 7.21. The number of hydrogen-bond acceptors (Lipinski definition) is 5. The number of carbonyl (C=O) groups is 2. The first kappa shape index (κ1) is 22.6. The van der Waals surface area contributed by atoms with Crippen LogP contribution in [0.5, 0.6) is 5.75 Å². The van der Waals surface area contributed by atoms with Crippen molar-refractivity contribution in [1.82, 2.24) is 0 Å². The third-order valence-electron chi connectivity index (χ3n) is 4.64. The van der Waals surface area contributed by atoms with Crippen molar-refractivity contribution in [2.75, 3.05) is 0 Å². The molecule has 1 unspecified atom stereocenters. The molecule has 0 fully saturated rings. The average molecular weight is 634 g/mol. The van der Waals surface area contributed by atoms with Crippen molar-refractivity contribution in [1.29, 1.82) is 0 Å². The van der Waals surface area contributed by atoms with E-state index >= 15 is 0 Å². The Balaban J connectivity index is 1.97. The highest BCUT2D eigenvalue weighted by atomic mass is 127. The fraction of sp³-hybridized carbons (Fsp3) is 0.273. The summed E-state index contributed by atoms with van der Waals surface area (Å²) in [7, 11) is 0. The zero-order valence-electron chi connectivity index (χ0n) is 16.0. The number of para-hydroxylation sites is 1. The van der Waals surface area contributed by atoms with Crippen molar-refractivity contribution in [3.63, 3.8) is 0 Å². The molecule has 0 saturated heterocycles. The molecule has 1 atom stereocenters. The summed E-state index contributed by atoms with van der Waals surface area (Å²) in [6.07, 6.45) is 1.63. The predicted molar refractivity (Wildman–Crippen MR) is 134 cm³/mol. The summed E-state index contributed by atoms with van der Waals surface area (Å²) in [6, 6.07) is 10.8. The van der Waals surface area contributed by atoms with Crippen LogP contribution in [0.4, 0.5) is 0 Å². The van der Waals surface area contributed by atoms with Crippen LogP contribution in [0, 0.1) is 7.14 Å². The second-order valence-electron chi connectivity index (χ2n) is 6.72. The first-order valence-electron chi connectivity index (χ1n) is 9.24. The van der Waals surface area contributed by atoms with Gasteiger partial charge in [0, 0.05) is 29.0 Å². The standard InChI is InChI=1S/C22H20I2O4S/c1-3-12(2)29-19(25)9-8-18-20(14-6-4-5-7-17(14)28-18)21(26)13-10-15(23)22(27)16(24)11-13/h4-7,10-12,27H,3,8-9H2,1-2H3. The Bertz CT molecular complexity index is 1050. The van der Waals surface area contributed by atoms with Crippen LogP contribution in [0.15, 0.2) is 40.8 Å². The molecular weight excluding hydrogens is 614 g/mol. The van der Waals surface area contributed by atoms with Gasteiger partial charge in [0.15, 0.2) is 10.9 Å². The van der Waals surface area contributed by atoms with Crippen molar-refractivity contribution in [3.8, 4) is 5.75 Å². The molecule has 3 aromatic rings. The van der Waals surface area contributed by atoms with Gasteiger partial charge in [0.25, 0.3) is 0 Å². The zero-order chi connectivity index (χ0) is 21.1. The number of thioether (sulfide) groups is 1. The summed E-state index contributed by atoms with van der Waals surface area (Å²) in [4.78, 5) is 25.7. The molecule has 0 aliphatic carbocycles. The molecule has 7 heteroatoms. The van der Waals surface area contributed by atoms with E-state index in [9.17, 15) is 14.7 Å². The van der Waals surface area contributed by atoms with Gasteiger partial charge >= 0.3 is 0 Å². The van der Waals surface area contributed by atoms with E-state index in [0.717, 1.165) is 11.8 Å². The molecule has 0 amide bonds. The lowest BCUT2D eigenvalue weighted by Gasteiger charge is -2.08. The summed E-state index contributed by atoms with van der Waals surface area (Å²) >= 11 is 5.38. The van der Waals surface area contributed by atoms with E-state index in [1.54, 1.807) is 12.1 Å². The highest BCUT2D eigenvalue weighted by molar-refractivity contribution is 14.1. The summed E-state index contributed by atoms with van der Waals surface area (Å²) in [5.74, 6) is 0.544. The molecule has 152 valence electrons. The number of benzene rings is 2. The monoisotopic (exact) mass is 634 g/mol. The number of aryl methyl sites for hydroxylation is 1. The second kappa shape index (κ2) is 9.82. The zero-order valence-corrected chi connectivity index (χ0v) is 21.1. The van der Waals surface area contributed by atoms with E-state index in [4.69, 9.17) is 4.42 Å². The maximum Gasteiger partial charge on any atom is 0.197 e. The number of fused-ring (bicyclic) bond motifs is 1. The number of phenols is 1. The lowest BCUT2D eigenvalue weighted by atomic mass is 9.98. The van der Waals surface area contributed by atoms with E-state index in [-0.39, 0.29) is 21.9 Å². The van der Waals surface area contributed by atoms with E-state index in [1.165, 1.54) is 11.8 Å². The fourth-order valence-corrected chi connectivity index (χ4v) is 5.55. The maximum atomic E-state index is 13.4. The van der Waals surface area contributed by atoms with Crippen molar-refractivity contribution < 1.29 is 19.1 Å². The van der Waals surface area contributed by atoms with E-state index in [2.05, 4.69) is 6.92 Å². The molecule has 0 aliphatic rings. The van der Waals surface area contributed by atoms with Gasteiger partial charge in [0.2, 0.25) is 0 Å². The Kier molecular flexibility index (Phi) is 7.66. The molecule has 1 N–H and O–H groups in total. The van der Waals surface area contributed by atoms with Crippen LogP contribution in [0.1, 0.15) is 48.4 Å². The normalized spacial score (nSPS) is 12.3. The Morgan fingerprint density at radius 3 is 2.48 bits per heavy atom. The molecule has 1 heterocycles. The van der Waals surface area contributed by atoms with Gasteiger partial charge in [-0.3, -0.25) is 9.59 Å². The average Bonchev–Trinajstić information content (AvgIpc) is 3.07. The number of rotatable bonds is 7. The maximum absolute atomic E-state index is 13.4. The number of halogens is 2. The number of carbonyl (C=O) groups excluding carboxylic acids is 2. The van der Waals surface area contributed by atoms with Gasteiger partial charge in [-0.05, 0) is 69.8 Å². The number of furan rings is 1. The molecule has 1 aromatic heterocycles. The number of hydrogen-bond donors (Lipinski definition) is 1. The van der Waals surface area contributed by atoms with E-state index < -0.39 is 0 Å². The Morgan fingerprint density at radius 1 is 1.17 bits per heavy atom. The van der Waals surface area contributed by atoms with Gasteiger partial charge in [-0.2, -0.15) is 0 Å². The topological polar surface area (TPSA) is 67.5 Å². The first-order valence-corrected chi connectivity index (χ1v) is 12.3. The fourth-order valence-electron chi connectivity index (χ4n) is 2.94. The quantitative estimate of drug-likeness (QED) is 0.236. The minimum Gasteiger partial charge on any atom is -0.506 e. The van der Waals surface area contributed by atoms with Crippen molar-refractivity contribution in [3.05, 3.63) is 60.4 Å². The number of phenolic OH excluding ortho intramolecular Hbond substituents is 1. The number of aromatic hydroxyl groups is 1. The minimum absolute atomic E-state index is 0.104. The van der Waals surface area contributed by atoms with Gasteiger partial charge in [-0.25, -0.2) is 0 Å². The molecule has 0 aliphatic heterocycles. The predicted octanol–water partition coefficient (Wildman–Crippen LogP) is 6.57. The van der Waals surface area contributed by atoms with Crippen molar-refractivity contribution in [2.45, 2.75) is 38.4 Å². The Labute approximate surface area is 201 Å². The lowest BCUT2D eigenvalue weighted by molar-refractivity contribution is -0.111. The first-order chi connectivity index (χ1) is 13.8. The third-order valence-corrected chi connectivity index (χ3v) is 7.49. The van der Waals surface area contributed by atoms with Crippen LogP contribution in [0.3, 0.4) is 0 Å². The Morgan fingerprint density at radius 2 is 1.83 bits per heavy atom. The molecule has 4 nitrogen and oxygen atoms in total. The summed E-state index contributed by atoms with van der Waals surface area (Å²) in [5.41, 5.74) is 1.62. The van der Waals surface area contributed by atoms with Crippen LogP contribution >= 0.6 is 56.9 Å². The van der Waals surface area contributed by atoms with Gasteiger partial charge in [0.05, 0.1) is 12.7 Å². The third kappa shape index (κ3) is 5.16. The molecule has 0 saturated carbocycles. The molecule has 0 radical (unpaired) electrons. The molecule has 3 rings (SSSR count). The van der Waals surface area contributed by atoms with Crippen molar-refractivity contribution >= 4 is 78.8 Å². The second-order valence-corrected chi connectivity index (χ2v) is 10.5. The lowest BCUT2D eigenvalue weighted by Crippen LogP contribution is -2.07. The molecular formula is C22H20I2O4S. The van der Waals surface area contributed by atoms with E-state index in [0.29, 0.717) is 42.5 Å². The SMILES string of the molecule is CCC(C)SC(=O)CCc1oc2ccccc2c1C(=O)c1cc(I)c(O)c(I)c1. The molecule has 29 heavy (non-hydrogen) atoms. The smallest absolute Gasteiger partial charge is 0.197 e. The van der Waals surface area contributed by atoms with Gasteiger partial charge in [-0.15, -0.1) is 0 Å². The van der Waals surface area contributed by atoms with Crippen LogP contribution in [0.25, 0.3) is 11.0 Å². The van der Waals surface area contributed by atoms with Gasteiger partial charge < -0.3 is 9.52 Å². The Hall–Kier alpha value is -1.07. The van der Waals surface area contributed by atoms with Gasteiger partial charge in [-0.1, -0.05) is 43.8 Å². The highest BCUT2D eigenvalue weighted by Gasteiger charge is 2.24. The van der Waals surface area contributed by atoms with Crippen LogP contribution in [-0.4, -0.2) is 21.3 Å². The van der Waals surface area contributed by atoms with Crippen LogP contribution in [-0.2, 0) is 11.2 Å². The molecule has 0 spiro atoms. The van der Waals surface area contributed by atoms with E-state index in [1.807, 2.05) is 76.4 Å². The van der Waals surface area contributed by atoms with Gasteiger partial charge in [0.1, 0.15) is 17.1 Å². The number of ketones is 1. The summed E-state index contributed by atoms with van der Waals surface area (Å²) in [6.45, 7) is 4.09. The largest absolute Gasteiger partial charge is 0.506 e. The summed E-state index contributed by atoms with van der Waals surface area (Å²) in [5, 5.41) is 11.1. The molecule has 0 bridgehead atoms. The minimum atomic E-state index is -0.164. The van der Waals surface area contributed by atoms with Crippen LogP contribution in [0.2, 0.25) is 0 Å². The van der Waals surface area contributed by atoms with Crippen molar-refractivity contribution in [2.24, 2.45) is 0 Å². The molecule has 2 aromatic carbocycles.